The molecule has 5 rings (SSSR count). The van der Waals surface area contributed by atoms with Gasteiger partial charge in [0.2, 0.25) is 0 Å². The highest BCUT2D eigenvalue weighted by Crippen LogP contribution is 2.27. The lowest BCUT2D eigenvalue weighted by Crippen LogP contribution is -2.37. The summed E-state index contributed by atoms with van der Waals surface area (Å²) >= 11 is 0. The number of fused-ring (bicyclic) bond motifs is 2. The molecule has 1 amide bonds. The Balaban J connectivity index is 1.50. The minimum atomic E-state index is -0.424. The highest BCUT2D eigenvalue weighted by atomic mass is 16.5. The highest BCUT2D eigenvalue weighted by molar-refractivity contribution is 5.96. The number of aromatic nitrogens is 3. The molecule has 38 heavy (non-hydrogen) atoms. The summed E-state index contributed by atoms with van der Waals surface area (Å²) < 4.78 is 19.6. The van der Waals surface area contributed by atoms with Crippen LogP contribution in [-0.2, 0) is 17.7 Å². The average molecular weight is 518 g/mol. The fraction of sp³-hybridized carbons (Fsp3) is 0.357. The van der Waals surface area contributed by atoms with E-state index in [4.69, 9.17) is 24.6 Å². The van der Waals surface area contributed by atoms with Crippen LogP contribution in [0.25, 0.3) is 16.7 Å². The van der Waals surface area contributed by atoms with Crippen molar-refractivity contribution >= 4 is 22.6 Å². The van der Waals surface area contributed by atoms with Crippen LogP contribution in [0, 0.1) is 12.3 Å². The molecule has 2 N–H and O–H groups in total. The van der Waals surface area contributed by atoms with Crippen LogP contribution in [0.5, 0.6) is 11.5 Å². The number of hydrogen-bond donors (Lipinski definition) is 2. The zero-order valence-corrected chi connectivity index (χ0v) is 21.7. The van der Waals surface area contributed by atoms with Gasteiger partial charge in [0.25, 0.3) is 11.5 Å². The Morgan fingerprint density at radius 2 is 2.00 bits per heavy atom. The maximum Gasteiger partial charge on any atom is 0.267 e. The van der Waals surface area contributed by atoms with E-state index >= 15 is 0 Å². The molecule has 0 bridgehead atoms. The topological polar surface area (TPSA) is 120 Å². The summed E-state index contributed by atoms with van der Waals surface area (Å²) in [6.07, 6.45) is 3.90. The maximum atomic E-state index is 13.5. The van der Waals surface area contributed by atoms with E-state index < -0.39 is 5.91 Å². The van der Waals surface area contributed by atoms with Crippen LogP contribution >= 0.6 is 0 Å². The lowest BCUT2D eigenvalue weighted by molar-refractivity contribution is 0.0933. The molecule has 1 aromatic carbocycles. The Morgan fingerprint density at radius 1 is 1.18 bits per heavy atom. The van der Waals surface area contributed by atoms with Crippen LogP contribution in [-0.4, -0.2) is 53.3 Å². The molecule has 0 radical (unpaired) electrons. The van der Waals surface area contributed by atoms with Gasteiger partial charge in [0.05, 0.1) is 37.8 Å². The summed E-state index contributed by atoms with van der Waals surface area (Å²) in [5.41, 5.74) is 2.55. The number of amides is 1. The third-order valence-electron chi connectivity index (χ3n) is 6.94. The summed E-state index contributed by atoms with van der Waals surface area (Å²) in [5, 5.41) is 12.1. The van der Waals surface area contributed by atoms with Gasteiger partial charge >= 0.3 is 0 Å². The Bertz CT molecular complexity index is 1640. The molecule has 0 aliphatic carbocycles. The summed E-state index contributed by atoms with van der Waals surface area (Å²) in [5.74, 6) is 0.825. The van der Waals surface area contributed by atoms with Crippen molar-refractivity contribution in [2.24, 2.45) is 0 Å². The number of nitrogens with zero attached hydrogens (tertiary/aromatic N) is 3. The number of rotatable bonds is 8. The molecule has 10 heteroatoms. The molecule has 3 aromatic heterocycles. The number of nitrogens with one attached hydrogen (secondary N) is 2. The number of aryl methyl sites for hydroxylation is 1. The molecule has 198 valence electrons. The predicted octanol–water partition coefficient (Wildman–Crippen LogP) is 2.61. The molecular formula is C28H31N5O5. The van der Waals surface area contributed by atoms with Crippen molar-refractivity contribution in [1.82, 2.24) is 19.3 Å². The minimum absolute atomic E-state index is 0.00134. The smallest absolute Gasteiger partial charge is 0.267 e. The van der Waals surface area contributed by atoms with Gasteiger partial charge in [0.15, 0.2) is 11.5 Å². The lowest BCUT2D eigenvalue weighted by atomic mass is 10.1. The zero-order chi connectivity index (χ0) is 26.8. The molecule has 4 heterocycles. The minimum Gasteiger partial charge on any atom is -0.493 e. The van der Waals surface area contributed by atoms with E-state index in [1.165, 1.54) is 10.5 Å². The first-order chi connectivity index (χ1) is 18.4. The summed E-state index contributed by atoms with van der Waals surface area (Å²) in [7, 11) is 3.16. The summed E-state index contributed by atoms with van der Waals surface area (Å²) in [4.78, 5) is 31.6. The van der Waals surface area contributed by atoms with E-state index in [0.29, 0.717) is 48.9 Å². The number of pyridine rings is 2. The van der Waals surface area contributed by atoms with Crippen LogP contribution in [0.2, 0.25) is 0 Å². The monoisotopic (exact) mass is 517 g/mol. The molecule has 0 saturated carbocycles. The highest BCUT2D eigenvalue weighted by Gasteiger charge is 2.22. The first-order valence-corrected chi connectivity index (χ1v) is 12.6. The van der Waals surface area contributed by atoms with Gasteiger partial charge in [-0.05, 0) is 61.6 Å². The largest absolute Gasteiger partial charge is 0.493 e. The molecule has 1 atom stereocenters. The normalized spacial score (nSPS) is 15.2. The van der Waals surface area contributed by atoms with Gasteiger partial charge in [-0.1, -0.05) is 12.1 Å². The molecule has 10 nitrogen and oxygen atoms in total. The van der Waals surface area contributed by atoms with Crippen molar-refractivity contribution in [1.29, 1.82) is 5.41 Å². The van der Waals surface area contributed by atoms with Crippen LogP contribution in [0.15, 0.2) is 47.4 Å². The molecule has 1 aliphatic rings. The number of ether oxygens (including phenoxy) is 3. The second kappa shape index (κ2) is 10.7. The van der Waals surface area contributed by atoms with Crippen molar-refractivity contribution < 1.29 is 19.0 Å². The third-order valence-corrected chi connectivity index (χ3v) is 6.94. The summed E-state index contributed by atoms with van der Waals surface area (Å²) in [6, 6.07) is 10.8. The zero-order valence-electron chi connectivity index (χ0n) is 21.7. The van der Waals surface area contributed by atoms with Crippen molar-refractivity contribution in [3.8, 4) is 11.5 Å². The number of methoxy groups -OCH3 is 2. The molecule has 4 aromatic rings. The molecule has 0 spiro atoms. The SMILES string of the molecule is COc1ccc(CCNC(=O)c2cc3c(=O)n4cccc(C)c4nc3n(CC3CCCO3)c2=N)cc1OC. The second-order valence-electron chi connectivity index (χ2n) is 9.39. The van der Waals surface area contributed by atoms with Crippen molar-refractivity contribution in [2.45, 2.75) is 38.8 Å². The Labute approximate surface area is 219 Å². The summed E-state index contributed by atoms with van der Waals surface area (Å²) in [6.45, 7) is 3.23. The van der Waals surface area contributed by atoms with E-state index in [-0.39, 0.29) is 28.1 Å². The first-order valence-electron chi connectivity index (χ1n) is 12.6. The fourth-order valence-corrected chi connectivity index (χ4v) is 4.89. The first kappa shape index (κ1) is 25.5. The van der Waals surface area contributed by atoms with E-state index in [2.05, 4.69) is 5.32 Å². The lowest BCUT2D eigenvalue weighted by Gasteiger charge is -2.18. The Kier molecular flexibility index (Phi) is 7.15. The van der Waals surface area contributed by atoms with Crippen LogP contribution in [0.1, 0.15) is 34.3 Å². The molecule has 1 fully saturated rings. The van der Waals surface area contributed by atoms with Crippen molar-refractivity contribution in [2.75, 3.05) is 27.4 Å². The maximum absolute atomic E-state index is 13.5. The number of carbonyl (C=O) groups is 1. The van der Waals surface area contributed by atoms with Crippen molar-refractivity contribution in [3.05, 3.63) is 75.1 Å². The van der Waals surface area contributed by atoms with E-state index in [1.807, 2.05) is 31.2 Å². The Hall–Kier alpha value is -4.18. The average Bonchev–Trinajstić information content (AvgIpc) is 3.44. The molecular weight excluding hydrogens is 486 g/mol. The molecule has 1 aliphatic heterocycles. The van der Waals surface area contributed by atoms with Gasteiger partial charge in [-0.15, -0.1) is 0 Å². The number of carbonyl (C=O) groups excluding carboxylic acids is 1. The third kappa shape index (κ3) is 4.74. The van der Waals surface area contributed by atoms with Crippen molar-refractivity contribution in [3.63, 3.8) is 0 Å². The van der Waals surface area contributed by atoms with Gasteiger partial charge in [-0.3, -0.25) is 19.4 Å². The van der Waals surface area contributed by atoms with Crippen LogP contribution in [0.4, 0.5) is 0 Å². The van der Waals surface area contributed by atoms with Gasteiger partial charge in [0, 0.05) is 19.3 Å². The van der Waals surface area contributed by atoms with Gasteiger partial charge < -0.3 is 24.1 Å². The predicted molar refractivity (Wildman–Crippen MR) is 142 cm³/mol. The van der Waals surface area contributed by atoms with Gasteiger partial charge in [-0.2, -0.15) is 0 Å². The molecule has 1 unspecified atom stereocenters. The van der Waals surface area contributed by atoms with Gasteiger partial charge in [-0.25, -0.2) is 4.98 Å². The van der Waals surface area contributed by atoms with Crippen LogP contribution < -0.4 is 25.8 Å². The quantitative estimate of drug-likeness (QED) is 0.347. The fourth-order valence-electron chi connectivity index (χ4n) is 4.89. The second-order valence-corrected chi connectivity index (χ2v) is 9.39. The van der Waals surface area contributed by atoms with Crippen LogP contribution in [0.3, 0.4) is 0 Å². The standard InChI is InChI=1S/C28H31N5O5/c1-17-6-4-12-32-25(17)31-26-21(28(32)35)15-20(24(29)33(26)16-19-7-5-13-38-19)27(34)30-11-10-18-8-9-22(36-2)23(14-18)37-3/h4,6,8-9,12,14-15,19,29H,5,7,10-11,13,16H2,1-3H3,(H,30,34). The number of hydrogen-bond acceptors (Lipinski definition) is 7. The number of benzene rings is 1. The van der Waals surface area contributed by atoms with E-state index in [9.17, 15) is 9.59 Å². The Morgan fingerprint density at radius 3 is 2.74 bits per heavy atom. The molecule has 1 saturated heterocycles. The van der Waals surface area contributed by atoms with Gasteiger partial charge in [0.1, 0.15) is 16.8 Å². The van der Waals surface area contributed by atoms with E-state index in [1.54, 1.807) is 31.0 Å². The van der Waals surface area contributed by atoms with E-state index in [0.717, 1.165) is 24.0 Å².